The van der Waals surface area contributed by atoms with Gasteiger partial charge in [0.25, 0.3) is 0 Å². The number of rotatable bonds is 5. The van der Waals surface area contributed by atoms with Crippen molar-refractivity contribution < 1.29 is 18.3 Å². The highest BCUT2D eigenvalue weighted by molar-refractivity contribution is 5.61. The molecular weight excluding hydrogens is 202 g/mol. The Bertz CT molecular complexity index is 337. The summed E-state index contributed by atoms with van der Waals surface area (Å²) >= 11 is 0. The van der Waals surface area contributed by atoms with Crippen molar-refractivity contribution in [1.29, 1.82) is 0 Å². The van der Waals surface area contributed by atoms with Crippen LogP contribution in [0.25, 0.3) is 6.08 Å². The average Bonchev–Trinajstić information content (AvgIpc) is 2.20. The van der Waals surface area contributed by atoms with Gasteiger partial charge in [0.05, 0.1) is 6.61 Å². The van der Waals surface area contributed by atoms with Crippen LogP contribution < -0.4 is 9.47 Å². The Labute approximate surface area is 87.1 Å². The second kappa shape index (κ2) is 5.34. The summed E-state index contributed by atoms with van der Waals surface area (Å²) in [6, 6.07) is 4.76. The van der Waals surface area contributed by atoms with Gasteiger partial charge in [-0.3, -0.25) is 0 Å². The van der Waals surface area contributed by atoms with E-state index in [1.165, 1.54) is 12.1 Å². The van der Waals surface area contributed by atoms with E-state index in [2.05, 4.69) is 11.3 Å². The molecule has 0 saturated heterocycles. The van der Waals surface area contributed by atoms with E-state index in [4.69, 9.17) is 4.74 Å². The van der Waals surface area contributed by atoms with Gasteiger partial charge in [-0.25, -0.2) is 0 Å². The standard InChI is InChI=1S/C11H12F2O2/c1-3-8-6-5-7-9(15-11(12)13)10(8)14-4-2/h3,5-7,11H,1,4H2,2H3. The molecule has 0 radical (unpaired) electrons. The van der Waals surface area contributed by atoms with Crippen LogP contribution in [0.4, 0.5) is 8.78 Å². The van der Waals surface area contributed by atoms with Gasteiger partial charge in [-0.15, -0.1) is 0 Å². The minimum Gasteiger partial charge on any atom is -0.489 e. The van der Waals surface area contributed by atoms with Crippen LogP contribution in [0.3, 0.4) is 0 Å². The number of alkyl halides is 2. The molecule has 0 amide bonds. The highest BCUT2D eigenvalue weighted by Gasteiger charge is 2.12. The maximum absolute atomic E-state index is 12.1. The fourth-order valence-corrected chi connectivity index (χ4v) is 1.18. The third kappa shape index (κ3) is 2.94. The lowest BCUT2D eigenvalue weighted by Crippen LogP contribution is -2.05. The molecule has 0 N–H and O–H groups in total. The molecule has 0 aromatic heterocycles. The Morgan fingerprint density at radius 1 is 1.47 bits per heavy atom. The van der Waals surface area contributed by atoms with Crippen molar-refractivity contribution in [2.45, 2.75) is 13.5 Å². The van der Waals surface area contributed by atoms with Crippen molar-refractivity contribution in [3.05, 3.63) is 30.3 Å². The summed E-state index contributed by atoms with van der Waals surface area (Å²) in [5.74, 6) is 0.333. The lowest BCUT2D eigenvalue weighted by Gasteiger charge is -2.13. The van der Waals surface area contributed by atoms with Gasteiger partial charge in [-0.2, -0.15) is 8.78 Å². The molecule has 0 aliphatic carbocycles. The summed E-state index contributed by atoms with van der Waals surface area (Å²) in [4.78, 5) is 0. The van der Waals surface area contributed by atoms with E-state index in [9.17, 15) is 8.78 Å². The minimum absolute atomic E-state index is 0.0317. The fourth-order valence-electron chi connectivity index (χ4n) is 1.18. The molecule has 0 aliphatic heterocycles. The summed E-state index contributed by atoms with van der Waals surface area (Å²) in [6.45, 7) is 2.86. The largest absolute Gasteiger partial charge is 0.489 e. The van der Waals surface area contributed by atoms with Crippen LogP contribution in [0.15, 0.2) is 24.8 Å². The predicted molar refractivity (Wildman–Crippen MR) is 54.3 cm³/mol. The van der Waals surface area contributed by atoms with E-state index >= 15 is 0 Å². The molecule has 0 heterocycles. The topological polar surface area (TPSA) is 18.5 Å². The zero-order chi connectivity index (χ0) is 11.3. The zero-order valence-electron chi connectivity index (χ0n) is 8.37. The summed E-state index contributed by atoms with van der Waals surface area (Å²) in [5.41, 5.74) is 0.634. The summed E-state index contributed by atoms with van der Waals surface area (Å²) in [6.07, 6.45) is 1.53. The van der Waals surface area contributed by atoms with Gasteiger partial charge in [0.1, 0.15) is 0 Å². The van der Waals surface area contributed by atoms with Gasteiger partial charge >= 0.3 is 6.61 Å². The molecule has 15 heavy (non-hydrogen) atoms. The Morgan fingerprint density at radius 2 is 2.20 bits per heavy atom. The molecule has 0 bridgehead atoms. The zero-order valence-corrected chi connectivity index (χ0v) is 8.37. The van der Waals surface area contributed by atoms with E-state index in [-0.39, 0.29) is 5.75 Å². The van der Waals surface area contributed by atoms with E-state index in [0.29, 0.717) is 17.9 Å². The van der Waals surface area contributed by atoms with Crippen LogP contribution in [0.2, 0.25) is 0 Å². The van der Waals surface area contributed by atoms with Crippen molar-refractivity contribution in [1.82, 2.24) is 0 Å². The molecule has 4 heteroatoms. The van der Waals surface area contributed by atoms with Gasteiger partial charge in [0, 0.05) is 5.56 Å². The Hall–Kier alpha value is -1.58. The van der Waals surface area contributed by atoms with E-state index in [0.717, 1.165) is 0 Å². The molecule has 1 rings (SSSR count). The molecule has 0 fully saturated rings. The molecular formula is C11H12F2O2. The van der Waals surface area contributed by atoms with Crippen LogP contribution in [-0.2, 0) is 0 Å². The number of hydrogen-bond acceptors (Lipinski definition) is 2. The van der Waals surface area contributed by atoms with E-state index in [1.807, 2.05) is 0 Å². The average molecular weight is 214 g/mol. The molecule has 0 unspecified atom stereocenters. The van der Waals surface area contributed by atoms with Gasteiger partial charge in [-0.05, 0) is 13.0 Å². The minimum atomic E-state index is -2.86. The third-order valence-electron chi connectivity index (χ3n) is 1.73. The normalized spacial score (nSPS) is 10.1. The van der Waals surface area contributed by atoms with Gasteiger partial charge in [0.15, 0.2) is 11.5 Å². The number of halogens is 2. The lowest BCUT2D eigenvalue weighted by atomic mass is 10.2. The fraction of sp³-hybridized carbons (Fsp3) is 0.273. The first-order valence-corrected chi connectivity index (χ1v) is 4.52. The predicted octanol–water partition coefficient (Wildman–Crippen LogP) is 3.33. The number of benzene rings is 1. The molecule has 1 aromatic carbocycles. The molecule has 82 valence electrons. The summed E-state index contributed by atoms with van der Waals surface area (Å²) in [5, 5.41) is 0. The Morgan fingerprint density at radius 3 is 2.73 bits per heavy atom. The van der Waals surface area contributed by atoms with E-state index in [1.54, 1.807) is 19.1 Å². The van der Waals surface area contributed by atoms with E-state index < -0.39 is 6.61 Å². The second-order valence-electron chi connectivity index (χ2n) is 2.69. The number of para-hydroxylation sites is 1. The molecule has 0 saturated carbocycles. The lowest BCUT2D eigenvalue weighted by molar-refractivity contribution is -0.0514. The van der Waals surface area contributed by atoms with Crippen LogP contribution in [-0.4, -0.2) is 13.2 Å². The summed E-state index contributed by atoms with van der Waals surface area (Å²) in [7, 11) is 0. The summed E-state index contributed by atoms with van der Waals surface area (Å²) < 4.78 is 33.7. The molecule has 0 atom stereocenters. The number of ether oxygens (including phenoxy) is 2. The quantitative estimate of drug-likeness (QED) is 0.748. The highest BCUT2D eigenvalue weighted by atomic mass is 19.3. The van der Waals surface area contributed by atoms with Crippen LogP contribution in [0.5, 0.6) is 11.5 Å². The van der Waals surface area contributed by atoms with Crippen molar-refractivity contribution in [2.24, 2.45) is 0 Å². The second-order valence-corrected chi connectivity index (χ2v) is 2.69. The molecule has 0 spiro atoms. The molecule has 0 aliphatic rings. The maximum Gasteiger partial charge on any atom is 0.387 e. The SMILES string of the molecule is C=Cc1cccc(OC(F)F)c1OCC. The van der Waals surface area contributed by atoms with Crippen molar-refractivity contribution in [2.75, 3.05) is 6.61 Å². The van der Waals surface area contributed by atoms with Gasteiger partial charge in [-0.1, -0.05) is 24.8 Å². The molecule has 1 aromatic rings. The maximum atomic E-state index is 12.1. The Kier molecular flexibility index (Phi) is 4.09. The van der Waals surface area contributed by atoms with Crippen LogP contribution >= 0.6 is 0 Å². The molecule has 2 nitrogen and oxygen atoms in total. The highest BCUT2D eigenvalue weighted by Crippen LogP contribution is 2.33. The third-order valence-corrected chi connectivity index (χ3v) is 1.73. The first-order valence-electron chi connectivity index (χ1n) is 4.52. The number of hydrogen-bond donors (Lipinski definition) is 0. The first-order chi connectivity index (χ1) is 7.19. The first kappa shape index (κ1) is 11.5. The smallest absolute Gasteiger partial charge is 0.387 e. The Balaban J connectivity index is 3.06. The monoisotopic (exact) mass is 214 g/mol. The van der Waals surface area contributed by atoms with Gasteiger partial charge in [0.2, 0.25) is 0 Å². The van der Waals surface area contributed by atoms with Crippen molar-refractivity contribution in [3.63, 3.8) is 0 Å². The van der Waals surface area contributed by atoms with Crippen LogP contribution in [0, 0.1) is 0 Å². The van der Waals surface area contributed by atoms with Gasteiger partial charge < -0.3 is 9.47 Å². The van der Waals surface area contributed by atoms with Crippen molar-refractivity contribution >= 4 is 6.08 Å². The van der Waals surface area contributed by atoms with Crippen LogP contribution in [0.1, 0.15) is 12.5 Å². The van der Waals surface area contributed by atoms with Crippen molar-refractivity contribution in [3.8, 4) is 11.5 Å².